The van der Waals surface area contributed by atoms with Crippen molar-refractivity contribution < 1.29 is 18.7 Å². The molecule has 0 fully saturated rings. The molecule has 1 aromatic carbocycles. The van der Waals surface area contributed by atoms with E-state index in [0.717, 1.165) is 5.76 Å². The van der Waals surface area contributed by atoms with Gasteiger partial charge in [-0.25, -0.2) is 4.79 Å². The fraction of sp³-hybridized carbons (Fsp3) is 0.158. The average Bonchev–Trinajstić information content (AvgIpc) is 3.21. The summed E-state index contributed by atoms with van der Waals surface area (Å²) in [6, 6.07) is 13.4. The van der Waals surface area contributed by atoms with Gasteiger partial charge in [-0.2, -0.15) is 0 Å². The quantitative estimate of drug-likeness (QED) is 0.619. The Morgan fingerprint density at radius 2 is 1.93 bits per heavy atom. The van der Waals surface area contributed by atoms with E-state index in [9.17, 15) is 9.59 Å². The van der Waals surface area contributed by atoms with Crippen molar-refractivity contribution in [3.63, 3.8) is 0 Å². The number of hydrogen-bond acceptors (Lipinski definition) is 7. The number of para-hydroxylation sites is 1. The van der Waals surface area contributed by atoms with E-state index in [1.165, 1.54) is 0 Å². The van der Waals surface area contributed by atoms with E-state index in [-0.39, 0.29) is 17.9 Å². The van der Waals surface area contributed by atoms with Crippen LogP contribution in [0, 0.1) is 0 Å². The molecular formula is C19H18N4O4. The lowest BCUT2D eigenvalue weighted by atomic mass is 10.1. The summed E-state index contributed by atoms with van der Waals surface area (Å²) in [4.78, 5) is 24.4. The zero-order chi connectivity index (χ0) is 19.1. The summed E-state index contributed by atoms with van der Waals surface area (Å²) in [6.07, 6.45) is 1.59. The second-order valence-corrected chi connectivity index (χ2v) is 5.46. The molecule has 8 nitrogen and oxygen atoms in total. The van der Waals surface area contributed by atoms with E-state index in [1.807, 2.05) is 6.07 Å². The summed E-state index contributed by atoms with van der Waals surface area (Å²) < 4.78 is 10.2. The van der Waals surface area contributed by atoms with Crippen molar-refractivity contribution in [2.24, 2.45) is 0 Å². The molecule has 27 heavy (non-hydrogen) atoms. The molecule has 0 unspecified atom stereocenters. The predicted molar refractivity (Wildman–Crippen MR) is 98.4 cm³/mol. The number of hydrogen-bond donors (Lipinski definition) is 2. The number of amides is 1. The molecule has 2 heterocycles. The predicted octanol–water partition coefficient (Wildman–Crippen LogP) is 3.11. The normalized spacial score (nSPS) is 10.3. The third-order valence-electron chi connectivity index (χ3n) is 3.59. The molecule has 3 aromatic rings. The molecular weight excluding hydrogens is 348 g/mol. The molecule has 0 atom stereocenters. The molecule has 0 radical (unpaired) electrons. The summed E-state index contributed by atoms with van der Waals surface area (Å²) >= 11 is 0. The van der Waals surface area contributed by atoms with Gasteiger partial charge < -0.3 is 19.8 Å². The van der Waals surface area contributed by atoms with Gasteiger partial charge in [0.1, 0.15) is 11.6 Å². The molecule has 0 spiro atoms. The molecule has 3 rings (SSSR count). The van der Waals surface area contributed by atoms with E-state index in [4.69, 9.17) is 9.15 Å². The summed E-state index contributed by atoms with van der Waals surface area (Å²) in [5, 5.41) is 13.6. The average molecular weight is 366 g/mol. The number of aromatic nitrogens is 2. The Labute approximate surface area is 155 Å². The van der Waals surface area contributed by atoms with Crippen LogP contribution in [0.15, 0.2) is 59.2 Å². The summed E-state index contributed by atoms with van der Waals surface area (Å²) in [5.74, 6) is 0.290. The lowest BCUT2D eigenvalue weighted by Crippen LogP contribution is -2.17. The van der Waals surface area contributed by atoms with Gasteiger partial charge in [-0.1, -0.05) is 12.1 Å². The van der Waals surface area contributed by atoms with Crippen LogP contribution in [0.2, 0.25) is 0 Å². The van der Waals surface area contributed by atoms with Crippen molar-refractivity contribution in [2.45, 2.75) is 13.5 Å². The molecule has 0 aliphatic carbocycles. The van der Waals surface area contributed by atoms with Crippen LogP contribution < -0.4 is 10.6 Å². The Balaban J connectivity index is 1.65. The second-order valence-electron chi connectivity index (χ2n) is 5.46. The molecule has 1 amide bonds. The maximum atomic E-state index is 12.4. The highest BCUT2D eigenvalue weighted by molar-refractivity contribution is 6.07. The van der Waals surface area contributed by atoms with Crippen LogP contribution in [0.25, 0.3) is 0 Å². The monoisotopic (exact) mass is 366 g/mol. The second kappa shape index (κ2) is 8.61. The Morgan fingerprint density at radius 1 is 1.07 bits per heavy atom. The maximum Gasteiger partial charge on any atom is 0.340 e. The van der Waals surface area contributed by atoms with E-state index >= 15 is 0 Å². The number of carbonyl (C=O) groups excluding carboxylic acids is 2. The SMILES string of the molecule is CCOC(=O)c1ccccc1NC(=O)c1ccc(NCc2ccco2)nn1. The number of carbonyl (C=O) groups is 2. The van der Waals surface area contributed by atoms with Crippen LogP contribution in [0.3, 0.4) is 0 Å². The topological polar surface area (TPSA) is 106 Å². The van der Waals surface area contributed by atoms with Gasteiger partial charge in [-0.3, -0.25) is 4.79 Å². The van der Waals surface area contributed by atoms with Gasteiger partial charge in [0, 0.05) is 0 Å². The highest BCUT2D eigenvalue weighted by Gasteiger charge is 2.15. The molecule has 2 aromatic heterocycles. The number of rotatable bonds is 7. The van der Waals surface area contributed by atoms with Crippen molar-refractivity contribution in [1.82, 2.24) is 10.2 Å². The summed E-state index contributed by atoms with van der Waals surface area (Å²) in [7, 11) is 0. The first-order valence-electron chi connectivity index (χ1n) is 8.35. The van der Waals surface area contributed by atoms with Crippen molar-refractivity contribution in [3.8, 4) is 0 Å². The molecule has 138 valence electrons. The van der Waals surface area contributed by atoms with Gasteiger partial charge >= 0.3 is 5.97 Å². The number of anilines is 2. The first kappa shape index (κ1) is 18.1. The van der Waals surface area contributed by atoms with Crippen molar-refractivity contribution >= 4 is 23.4 Å². The van der Waals surface area contributed by atoms with Crippen LogP contribution in [-0.4, -0.2) is 28.7 Å². The first-order chi connectivity index (χ1) is 13.2. The number of ether oxygens (including phenoxy) is 1. The van der Waals surface area contributed by atoms with E-state index in [1.54, 1.807) is 55.7 Å². The van der Waals surface area contributed by atoms with Gasteiger partial charge in [0.2, 0.25) is 0 Å². The smallest absolute Gasteiger partial charge is 0.340 e. The van der Waals surface area contributed by atoms with Crippen molar-refractivity contribution in [2.75, 3.05) is 17.2 Å². The highest BCUT2D eigenvalue weighted by atomic mass is 16.5. The highest BCUT2D eigenvalue weighted by Crippen LogP contribution is 2.17. The van der Waals surface area contributed by atoms with Gasteiger partial charge in [-0.05, 0) is 43.3 Å². The fourth-order valence-corrected chi connectivity index (χ4v) is 2.30. The zero-order valence-electron chi connectivity index (χ0n) is 14.6. The lowest BCUT2D eigenvalue weighted by molar-refractivity contribution is 0.0527. The molecule has 0 saturated carbocycles. The van der Waals surface area contributed by atoms with Crippen LogP contribution in [-0.2, 0) is 11.3 Å². The minimum absolute atomic E-state index is 0.122. The number of furan rings is 1. The lowest BCUT2D eigenvalue weighted by Gasteiger charge is -2.10. The fourth-order valence-electron chi connectivity index (χ4n) is 2.30. The molecule has 0 saturated heterocycles. The third-order valence-corrected chi connectivity index (χ3v) is 3.59. The van der Waals surface area contributed by atoms with Gasteiger partial charge in [0.05, 0.1) is 30.7 Å². The van der Waals surface area contributed by atoms with E-state index in [0.29, 0.717) is 18.1 Å². The number of nitrogens with one attached hydrogen (secondary N) is 2. The standard InChI is InChI=1S/C19H18N4O4/c1-2-26-19(25)14-7-3-4-8-15(14)21-18(24)16-9-10-17(23-22-16)20-12-13-6-5-11-27-13/h3-11H,2,12H2,1H3,(H,20,23)(H,21,24). The summed E-state index contributed by atoms with van der Waals surface area (Å²) in [5.41, 5.74) is 0.748. The van der Waals surface area contributed by atoms with Crippen LogP contribution >= 0.6 is 0 Å². The van der Waals surface area contributed by atoms with Crippen LogP contribution in [0.5, 0.6) is 0 Å². The number of esters is 1. The Bertz CT molecular complexity index is 908. The van der Waals surface area contributed by atoms with E-state index in [2.05, 4.69) is 20.8 Å². The molecule has 0 aliphatic rings. The molecule has 8 heteroatoms. The zero-order valence-corrected chi connectivity index (χ0v) is 14.6. The summed E-state index contributed by atoms with van der Waals surface area (Å²) in [6.45, 7) is 2.43. The first-order valence-corrected chi connectivity index (χ1v) is 8.35. The number of benzene rings is 1. The van der Waals surface area contributed by atoms with Gasteiger partial charge in [0.25, 0.3) is 5.91 Å². The van der Waals surface area contributed by atoms with Crippen LogP contribution in [0.1, 0.15) is 33.5 Å². The maximum absolute atomic E-state index is 12.4. The minimum Gasteiger partial charge on any atom is -0.467 e. The Kier molecular flexibility index (Phi) is 5.78. The largest absolute Gasteiger partial charge is 0.467 e. The number of nitrogens with zero attached hydrogens (tertiary/aromatic N) is 2. The van der Waals surface area contributed by atoms with Gasteiger partial charge in [0.15, 0.2) is 5.69 Å². The molecule has 0 aliphatic heterocycles. The Morgan fingerprint density at radius 3 is 2.63 bits per heavy atom. The molecule has 2 N–H and O–H groups in total. The minimum atomic E-state index is -0.503. The van der Waals surface area contributed by atoms with E-state index < -0.39 is 11.9 Å². The third kappa shape index (κ3) is 4.69. The van der Waals surface area contributed by atoms with Crippen LogP contribution in [0.4, 0.5) is 11.5 Å². The van der Waals surface area contributed by atoms with Gasteiger partial charge in [-0.15, -0.1) is 10.2 Å². The van der Waals surface area contributed by atoms with Crippen molar-refractivity contribution in [3.05, 3.63) is 71.8 Å². The molecule has 0 bridgehead atoms. The van der Waals surface area contributed by atoms with Crippen molar-refractivity contribution in [1.29, 1.82) is 0 Å². The Hall–Kier alpha value is -3.68.